The Morgan fingerprint density at radius 2 is 1.93 bits per heavy atom. The van der Waals surface area contributed by atoms with E-state index < -0.39 is 0 Å². The van der Waals surface area contributed by atoms with Crippen LogP contribution in [0.25, 0.3) is 0 Å². The van der Waals surface area contributed by atoms with Gasteiger partial charge in [-0.05, 0) is 42.5 Å². The van der Waals surface area contributed by atoms with Crippen LogP contribution in [0, 0.1) is 0 Å². The minimum Gasteiger partial charge on any atom is -0.336 e. The minimum atomic E-state index is -0.0134. The minimum absolute atomic E-state index is 0.0134. The maximum absolute atomic E-state index is 13.1. The third kappa shape index (κ3) is 4.38. The molecular weight excluding hydrogens is 362 g/mol. The van der Waals surface area contributed by atoms with E-state index in [0.29, 0.717) is 18.3 Å². The van der Waals surface area contributed by atoms with Gasteiger partial charge in [0.1, 0.15) is 0 Å². The molecule has 1 aromatic carbocycles. The number of fused-ring (bicyclic) bond motifs is 1. The molecule has 29 heavy (non-hydrogen) atoms. The van der Waals surface area contributed by atoms with Crippen LogP contribution in [0.3, 0.4) is 0 Å². The third-order valence-electron chi connectivity index (χ3n) is 5.61. The van der Waals surface area contributed by atoms with Crippen LogP contribution in [0.15, 0.2) is 54.9 Å². The molecule has 0 saturated heterocycles. The molecule has 0 unspecified atom stereocenters. The van der Waals surface area contributed by atoms with Gasteiger partial charge in [0.25, 0.3) is 5.91 Å². The summed E-state index contributed by atoms with van der Waals surface area (Å²) in [6.07, 6.45) is 6.44. The summed E-state index contributed by atoms with van der Waals surface area (Å²) in [6, 6.07) is 14.4. The summed E-state index contributed by atoms with van der Waals surface area (Å²) in [7, 11) is 3.79. The summed E-state index contributed by atoms with van der Waals surface area (Å²) in [5, 5.41) is 8.23. The zero-order valence-electron chi connectivity index (χ0n) is 17.0. The Morgan fingerprint density at radius 1 is 1.17 bits per heavy atom. The molecule has 0 spiro atoms. The van der Waals surface area contributed by atoms with Gasteiger partial charge in [0.2, 0.25) is 0 Å². The van der Waals surface area contributed by atoms with Gasteiger partial charge in [0.05, 0.1) is 0 Å². The number of carbonyl (C=O) groups excluding carboxylic acids is 1. The molecule has 0 saturated carbocycles. The summed E-state index contributed by atoms with van der Waals surface area (Å²) < 4.78 is 1.89. The number of pyridine rings is 1. The fourth-order valence-corrected chi connectivity index (χ4v) is 4.01. The van der Waals surface area contributed by atoms with Gasteiger partial charge < -0.3 is 10.2 Å². The van der Waals surface area contributed by atoms with Crippen molar-refractivity contribution in [1.29, 1.82) is 0 Å². The van der Waals surface area contributed by atoms with Crippen LogP contribution in [-0.4, -0.2) is 38.7 Å². The highest BCUT2D eigenvalue weighted by Crippen LogP contribution is 2.25. The summed E-state index contributed by atoms with van der Waals surface area (Å²) in [4.78, 5) is 19.0. The highest BCUT2D eigenvalue weighted by Gasteiger charge is 2.29. The van der Waals surface area contributed by atoms with E-state index in [0.717, 1.165) is 36.9 Å². The number of carbonyl (C=O) groups is 1. The Balaban J connectivity index is 1.46. The normalized spacial score (nSPS) is 15.7. The fourth-order valence-electron chi connectivity index (χ4n) is 4.01. The second-order valence-corrected chi connectivity index (χ2v) is 7.72. The van der Waals surface area contributed by atoms with Crippen molar-refractivity contribution in [2.75, 3.05) is 7.05 Å². The predicted octanol–water partition coefficient (Wildman–Crippen LogP) is 2.73. The molecule has 1 aliphatic rings. The van der Waals surface area contributed by atoms with Gasteiger partial charge in [-0.15, -0.1) is 0 Å². The van der Waals surface area contributed by atoms with Crippen LogP contribution in [-0.2, 0) is 33.0 Å². The molecule has 3 aromatic rings. The average molecular weight is 390 g/mol. The molecule has 0 aliphatic heterocycles. The maximum atomic E-state index is 13.1. The van der Waals surface area contributed by atoms with Crippen molar-refractivity contribution < 1.29 is 4.79 Å². The van der Waals surface area contributed by atoms with Gasteiger partial charge in [0.15, 0.2) is 5.69 Å². The number of aromatic nitrogens is 3. The molecule has 2 aromatic heterocycles. The van der Waals surface area contributed by atoms with Crippen molar-refractivity contribution in [3.05, 3.63) is 82.9 Å². The van der Waals surface area contributed by atoms with Gasteiger partial charge in [0, 0.05) is 56.9 Å². The van der Waals surface area contributed by atoms with Gasteiger partial charge in [-0.3, -0.25) is 14.5 Å². The van der Waals surface area contributed by atoms with Crippen LogP contribution < -0.4 is 5.32 Å². The first-order valence-electron chi connectivity index (χ1n) is 10.1. The van der Waals surface area contributed by atoms with E-state index in [-0.39, 0.29) is 5.91 Å². The molecule has 0 fully saturated rings. The maximum Gasteiger partial charge on any atom is 0.274 e. The molecule has 6 heteroatoms. The van der Waals surface area contributed by atoms with E-state index in [4.69, 9.17) is 0 Å². The second kappa shape index (κ2) is 8.57. The molecule has 1 N–H and O–H groups in total. The van der Waals surface area contributed by atoms with Crippen LogP contribution in [0.1, 0.15) is 39.3 Å². The zero-order valence-corrected chi connectivity index (χ0v) is 17.0. The highest BCUT2D eigenvalue weighted by atomic mass is 16.2. The van der Waals surface area contributed by atoms with E-state index in [1.54, 1.807) is 4.90 Å². The van der Waals surface area contributed by atoms with Crippen molar-refractivity contribution in [1.82, 2.24) is 25.0 Å². The second-order valence-electron chi connectivity index (χ2n) is 7.72. The number of nitrogens with zero attached hydrogens (tertiary/aromatic N) is 4. The van der Waals surface area contributed by atoms with Gasteiger partial charge in [-0.1, -0.05) is 30.3 Å². The molecule has 2 heterocycles. The number of rotatable bonds is 6. The van der Waals surface area contributed by atoms with E-state index in [9.17, 15) is 4.79 Å². The highest BCUT2D eigenvalue weighted by molar-refractivity contribution is 5.94. The molecule has 1 atom stereocenters. The molecule has 150 valence electrons. The van der Waals surface area contributed by atoms with Crippen LogP contribution in [0.5, 0.6) is 0 Å². The summed E-state index contributed by atoms with van der Waals surface area (Å²) >= 11 is 0. The molecule has 0 bridgehead atoms. The van der Waals surface area contributed by atoms with Crippen LogP contribution in [0.4, 0.5) is 0 Å². The number of nitrogens with one attached hydrogen (secondary N) is 1. The Kier molecular flexibility index (Phi) is 5.71. The van der Waals surface area contributed by atoms with E-state index in [1.165, 1.54) is 11.3 Å². The van der Waals surface area contributed by atoms with Crippen molar-refractivity contribution in [2.24, 2.45) is 7.05 Å². The lowest BCUT2D eigenvalue weighted by atomic mass is 9.91. The SMILES string of the molecule is CN(Cc1ccccc1)C(=O)c1nn(C)c2c1C[C@@H](NCc1ccncc1)CC2. The quantitative estimate of drug-likeness (QED) is 0.704. The van der Waals surface area contributed by atoms with Crippen molar-refractivity contribution in [3.8, 4) is 0 Å². The predicted molar refractivity (Wildman–Crippen MR) is 112 cm³/mol. The van der Waals surface area contributed by atoms with Gasteiger partial charge in [-0.25, -0.2) is 0 Å². The van der Waals surface area contributed by atoms with Crippen molar-refractivity contribution in [3.63, 3.8) is 0 Å². The van der Waals surface area contributed by atoms with E-state index in [2.05, 4.69) is 15.4 Å². The third-order valence-corrected chi connectivity index (χ3v) is 5.61. The number of amides is 1. The Morgan fingerprint density at radius 3 is 2.69 bits per heavy atom. The number of aryl methyl sites for hydroxylation is 1. The van der Waals surface area contributed by atoms with E-state index >= 15 is 0 Å². The van der Waals surface area contributed by atoms with E-state index in [1.807, 2.05) is 73.6 Å². The topological polar surface area (TPSA) is 63.1 Å². The van der Waals surface area contributed by atoms with Crippen LogP contribution >= 0.6 is 0 Å². The van der Waals surface area contributed by atoms with Gasteiger partial charge in [-0.2, -0.15) is 5.10 Å². The first-order chi connectivity index (χ1) is 14.1. The zero-order chi connectivity index (χ0) is 20.2. The Bertz CT molecular complexity index is 968. The van der Waals surface area contributed by atoms with Crippen molar-refractivity contribution >= 4 is 5.91 Å². The first-order valence-corrected chi connectivity index (χ1v) is 10.1. The molecule has 4 rings (SSSR count). The first kappa shape index (κ1) is 19.3. The molecule has 1 amide bonds. The van der Waals surface area contributed by atoms with Crippen LogP contribution in [0.2, 0.25) is 0 Å². The molecule has 1 aliphatic carbocycles. The number of benzene rings is 1. The molecule has 6 nitrogen and oxygen atoms in total. The lowest BCUT2D eigenvalue weighted by molar-refractivity contribution is 0.0777. The summed E-state index contributed by atoms with van der Waals surface area (Å²) in [5.41, 5.74) is 5.21. The number of hydrogen-bond donors (Lipinski definition) is 1. The molecule has 0 radical (unpaired) electrons. The lowest BCUT2D eigenvalue weighted by Gasteiger charge is -2.25. The monoisotopic (exact) mass is 389 g/mol. The van der Waals surface area contributed by atoms with Crippen molar-refractivity contribution in [2.45, 2.75) is 38.4 Å². The molecular formula is C23H27N5O. The summed E-state index contributed by atoms with van der Waals surface area (Å²) in [5.74, 6) is -0.0134. The Hall–Kier alpha value is -2.99. The standard InChI is InChI=1S/C23H27N5O/c1-27(16-18-6-4-3-5-7-18)23(29)22-20-14-19(8-9-21(20)28(2)26-22)25-15-17-10-12-24-13-11-17/h3-7,10-13,19,25H,8-9,14-16H2,1-2H3/t19-/m0/s1. The van der Waals surface area contributed by atoms with Gasteiger partial charge >= 0.3 is 0 Å². The smallest absolute Gasteiger partial charge is 0.274 e. The average Bonchev–Trinajstić information content (AvgIpc) is 3.09. The number of hydrogen-bond acceptors (Lipinski definition) is 4. The largest absolute Gasteiger partial charge is 0.336 e. The fraction of sp³-hybridized carbons (Fsp3) is 0.348. The summed E-state index contributed by atoms with van der Waals surface area (Å²) in [6.45, 7) is 1.38. The lowest BCUT2D eigenvalue weighted by Crippen LogP contribution is -2.35. The Labute approximate surface area is 171 Å².